The maximum Gasteiger partial charge on any atom is 0.267 e. The fourth-order valence-electron chi connectivity index (χ4n) is 8.38. The third-order valence-electron chi connectivity index (χ3n) is 10.8. The van der Waals surface area contributed by atoms with Gasteiger partial charge in [-0.1, -0.05) is 74.5 Å². The van der Waals surface area contributed by atoms with Crippen LogP contribution in [0, 0.1) is 0 Å². The molecule has 0 atom stereocenters. The predicted molar refractivity (Wildman–Crippen MR) is 203 cm³/mol. The highest BCUT2D eigenvalue weighted by atomic mass is 16.1. The Morgan fingerprint density at radius 3 is 1.31 bits per heavy atom. The number of fused-ring (bicyclic) bond motifs is 11. The molecule has 1 aliphatic carbocycles. The molecule has 8 heteroatoms. The Labute approximate surface area is 289 Å². The van der Waals surface area contributed by atoms with E-state index in [1.165, 1.54) is 22.3 Å². The first-order valence-electron chi connectivity index (χ1n) is 17.0. The van der Waals surface area contributed by atoms with Crippen LogP contribution in [-0.4, -0.2) is 27.9 Å². The van der Waals surface area contributed by atoms with Gasteiger partial charge in [0.1, 0.15) is 0 Å². The molecular weight excluding hydrogens is 633 g/mol. The molecule has 0 radical (unpaired) electrons. The lowest BCUT2D eigenvalue weighted by atomic mass is 9.82. The minimum absolute atomic E-state index is 0.0817. The summed E-state index contributed by atoms with van der Waals surface area (Å²) < 4.78 is 7.65. The molecule has 10 aromatic rings. The van der Waals surface area contributed by atoms with Crippen molar-refractivity contribution in [2.45, 2.75) is 19.3 Å². The third kappa shape index (κ3) is 3.58. The molecule has 4 heterocycles. The second-order valence-electron chi connectivity index (χ2n) is 13.9. The average Bonchev–Trinajstić information content (AvgIpc) is 3.75. The van der Waals surface area contributed by atoms with Gasteiger partial charge in [0.2, 0.25) is 11.6 Å². The molecule has 0 bridgehead atoms. The van der Waals surface area contributed by atoms with Gasteiger partial charge in [-0.2, -0.15) is 0 Å². The Kier molecular flexibility index (Phi) is 5.32. The van der Waals surface area contributed by atoms with Gasteiger partial charge in [-0.15, -0.1) is 0 Å². The number of nitrogens with zero attached hydrogens (tertiary/aromatic N) is 6. The van der Waals surface area contributed by atoms with Crippen LogP contribution in [0.2, 0.25) is 0 Å². The van der Waals surface area contributed by atoms with E-state index in [0.29, 0.717) is 33.4 Å². The van der Waals surface area contributed by atoms with Gasteiger partial charge in [0.15, 0.2) is 0 Å². The Morgan fingerprint density at radius 2 is 0.863 bits per heavy atom. The summed E-state index contributed by atoms with van der Waals surface area (Å²) in [6.07, 6.45) is 0. The summed E-state index contributed by atoms with van der Waals surface area (Å²) >= 11 is 0. The van der Waals surface area contributed by atoms with Crippen LogP contribution in [0.5, 0.6) is 0 Å². The smallest absolute Gasteiger partial charge is 0.267 e. The zero-order chi connectivity index (χ0) is 34.2. The third-order valence-corrected chi connectivity index (χ3v) is 10.8. The molecule has 11 rings (SSSR count). The number of hydrogen-bond acceptors (Lipinski definition) is 4. The van der Waals surface area contributed by atoms with Gasteiger partial charge < -0.3 is 0 Å². The number of hydrogen-bond donors (Lipinski definition) is 0. The summed E-state index contributed by atoms with van der Waals surface area (Å²) in [4.78, 5) is 37.8. The van der Waals surface area contributed by atoms with Gasteiger partial charge in [0.25, 0.3) is 11.1 Å². The second-order valence-corrected chi connectivity index (χ2v) is 13.9. The van der Waals surface area contributed by atoms with Crippen LogP contribution in [-0.2, 0) is 5.41 Å². The van der Waals surface area contributed by atoms with E-state index in [0.717, 1.165) is 33.4 Å². The predicted octanol–water partition coefficient (Wildman–Crippen LogP) is 8.20. The SMILES string of the molecule is CC1(C)c2cc(-n3c4ccccc4n4c(=O)c5ccccc5nc34)ccc2-c2ccc(-n3c4ccccc4n4c(=O)c5ccccc5nc34)cc21. The topological polar surface area (TPSA) is 78.6 Å². The van der Waals surface area contributed by atoms with Crippen LogP contribution in [0.1, 0.15) is 25.0 Å². The maximum atomic E-state index is 13.8. The van der Waals surface area contributed by atoms with Crippen molar-refractivity contribution in [3.8, 4) is 22.5 Å². The maximum absolute atomic E-state index is 13.8. The first kappa shape index (κ1) is 28.1. The molecule has 0 unspecified atom stereocenters. The van der Waals surface area contributed by atoms with E-state index in [-0.39, 0.29) is 16.5 Å². The fourth-order valence-corrected chi connectivity index (χ4v) is 8.38. The van der Waals surface area contributed by atoms with Crippen molar-refractivity contribution in [1.29, 1.82) is 0 Å². The molecular formula is C43H28N6O2. The monoisotopic (exact) mass is 660 g/mol. The van der Waals surface area contributed by atoms with E-state index in [2.05, 4.69) is 59.4 Å². The lowest BCUT2D eigenvalue weighted by Crippen LogP contribution is -2.17. The van der Waals surface area contributed by atoms with Crippen LogP contribution in [0.15, 0.2) is 143 Å². The van der Waals surface area contributed by atoms with E-state index in [1.54, 1.807) is 8.80 Å². The molecule has 0 spiro atoms. The van der Waals surface area contributed by atoms with E-state index in [9.17, 15) is 9.59 Å². The molecule has 51 heavy (non-hydrogen) atoms. The molecule has 6 aromatic carbocycles. The Balaban J connectivity index is 1.12. The van der Waals surface area contributed by atoms with Crippen molar-refractivity contribution in [1.82, 2.24) is 27.9 Å². The Hall–Kier alpha value is -6.80. The molecule has 0 saturated carbocycles. The van der Waals surface area contributed by atoms with Crippen molar-refractivity contribution in [3.63, 3.8) is 0 Å². The summed E-state index contributed by atoms with van der Waals surface area (Å²) in [5.74, 6) is 1.16. The highest BCUT2D eigenvalue weighted by molar-refractivity contribution is 5.91. The minimum Gasteiger partial charge on any atom is -0.278 e. The van der Waals surface area contributed by atoms with Gasteiger partial charge in [-0.25, -0.2) is 18.8 Å². The molecule has 8 nitrogen and oxygen atoms in total. The normalized spacial score (nSPS) is 13.6. The molecule has 0 fully saturated rings. The van der Waals surface area contributed by atoms with Crippen LogP contribution in [0.4, 0.5) is 0 Å². The quantitative estimate of drug-likeness (QED) is 0.187. The first-order valence-corrected chi connectivity index (χ1v) is 17.0. The van der Waals surface area contributed by atoms with Crippen LogP contribution in [0.25, 0.3) is 77.9 Å². The second kappa shape index (κ2) is 9.67. The molecule has 0 N–H and O–H groups in total. The zero-order valence-electron chi connectivity index (χ0n) is 27.7. The van der Waals surface area contributed by atoms with E-state index < -0.39 is 0 Å². The van der Waals surface area contributed by atoms with E-state index >= 15 is 0 Å². The zero-order valence-corrected chi connectivity index (χ0v) is 27.7. The van der Waals surface area contributed by atoms with Crippen molar-refractivity contribution >= 4 is 55.4 Å². The van der Waals surface area contributed by atoms with E-state index in [4.69, 9.17) is 9.97 Å². The molecule has 1 aliphatic rings. The molecule has 0 saturated heterocycles. The van der Waals surface area contributed by atoms with Gasteiger partial charge in [-0.05, 0) is 95.1 Å². The highest BCUT2D eigenvalue weighted by Crippen LogP contribution is 2.50. The van der Waals surface area contributed by atoms with Gasteiger partial charge in [0, 0.05) is 16.8 Å². The van der Waals surface area contributed by atoms with Crippen molar-refractivity contribution in [2.75, 3.05) is 0 Å². The Bertz CT molecular complexity index is 3070. The number of benzene rings is 6. The Morgan fingerprint density at radius 1 is 0.471 bits per heavy atom. The van der Waals surface area contributed by atoms with Crippen molar-refractivity contribution in [3.05, 3.63) is 165 Å². The number of aromatic nitrogens is 6. The molecule has 242 valence electrons. The molecule has 0 aliphatic heterocycles. The standard InChI is InChI=1S/C43H28N6O2/c1-43(2)31-23-25(46-35-15-7-9-17-37(35)48-39(50)29-11-3-5-13-33(29)44-41(46)48)19-21-27(31)28-22-20-26(24-32(28)43)47-36-16-8-10-18-38(36)49-40(51)30-12-4-6-14-34(30)45-42(47)49/h3-24H,1-2H3. The largest absolute Gasteiger partial charge is 0.278 e. The summed E-state index contributed by atoms with van der Waals surface area (Å²) in [5, 5.41) is 1.19. The lowest BCUT2D eigenvalue weighted by molar-refractivity contribution is 0.659. The van der Waals surface area contributed by atoms with E-state index in [1.807, 2.05) is 97.1 Å². The molecule has 4 aromatic heterocycles. The van der Waals surface area contributed by atoms with Crippen LogP contribution in [0.3, 0.4) is 0 Å². The molecule has 0 amide bonds. The number of imidazole rings is 2. The summed E-state index contributed by atoms with van der Waals surface area (Å²) in [6, 6.07) is 44.1. The highest BCUT2D eigenvalue weighted by Gasteiger charge is 2.36. The summed E-state index contributed by atoms with van der Waals surface area (Å²) in [5.41, 5.74) is 10.9. The lowest BCUT2D eigenvalue weighted by Gasteiger charge is -2.23. The van der Waals surface area contributed by atoms with Crippen molar-refractivity contribution < 1.29 is 0 Å². The van der Waals surface area contributed by atoms with Crippen molar-refractivity contribution in [2.24, 2.45) is 0 Å². The van der Waals surface area contributed by atoms with Crippen LogP contribution >= 0.6 is 0 Å². The van der Waals surface area contributed by atoms with Gasteiger partial charge in [0.05, 0.1) is 43.9 Å². The minimum atomic E-state index is -0.359. The van der Waals surface area contributed by atoms with Gasteiger partial charge >= 0.3 is 0 Å². The first-order chi connectivity index (χ1) is 24.9. The average molecular weight is 661 g/mol. The number of rotatable bonds is 2. The summed E-state index contributed by atoms with van der Waals surface area (Å²) in [6.45, 7) is 4.52. The van der Waals surface area contributed by atoms with Gasteiger partial charge in [-0.3, -0.25) is 18.7 Å². The summed E-state index contributed by atoms with van der Waals surface area (Å²) in [7, 11) is 0. The number of para-hydroxylation sites is 6. The van der Waals surface area contributed by atoms with Crippen LogP contribution < -0.4 is 11.1 Å². The fraction of sp³-hybridized carbons (Fsp3) is 0.0698.